The van der Waals surface area contributed by atoms with Gasteiger partial charge in [-0.1, -0.05) is 36.4 Å². The van der Waals surface area contributed by atoms with Crippen LogP contribution in [0.3, 0.4) is 0 Å². The van der Waals surface area contributed by atoms with Crippen molar-refractivity contribution in [3.8, 4) is 0 Å². The van der Waals surface area contributed by atoms with Crippen LogP contribution in [0.4, 0.5) is 28.0 Å². The number of nitrogens with zero attached hydrogens (tertiary/aromatic N) is 6. The second kappa shape index (κ2) is 30.7. The van der Waals surface area contributed by atoms with Crippen molar-refractivity contribution in [2.24, 2.45) is 11.8 Å². The van der Waals surface area contributed by atoms with E-state index >= 15 is 0 Å². The summed E-state index contributed by atoms with van der Waals surface area (Å²) in [7, 11) is -8.01. The zero-order valence-corrected chi connectivity index (χ0v) is 64.9. The molecule has 0 radical (unpaired) electrons. The number of hydrogen-bond acceptors (Lipinski definition) is 24. The number of alkyl carbamates (subject to hydrolysis) is 2. The number of nitrogens with one attached hydrogen (secondary N) is 6. The molecule has 12 aliphatic rings. The monoisotopic (exact) mass is 1630 g/mol. The zero-order chi connectivity index (χ0) is 82.4. The maximum absolute atomic E-state index is 14.6. The van der Waals surface area contributed by atoms with E-state index in [9.17, 15) is 92.7 Å². The second-order valence-corrected chi connectivity index (χ2v) is 36.8. The number of benzene rings is 2. The van der Waals surface area contributed by atoms with E-state index in [-0.39, 0.29) is 77.8 Å². The maximum atomic E-state index is 14.6. The van der Waals surface area contributed by atoms with Crippen LogP contribution in [-0.2, 0) is 123 Å². The number of halogens is 2. The first kappa shape index (κ1) is 81.5. The highest BCUT2D eigenvalue weighted by atomic mass is 32.2. The summed E-state index contributed by atoms with van der Waals surface area (Å²) < 4.78 is 117. The highest BCUT2D eigenvalue weighted by Crippen LogP contribution is 2.47. The van der Waals surface area contributed by atoms with Gasteiger partial charge in [-0.3, -0.25) is 57.6 Å². The summed E-state index contributed by atoms with van der Waals surface area (Å²) in [5.74, 6) is -10.4. The van der Waals surface area contributed by atoms with Crippen LogP contribution in [0.25, 0.3) is 0 Å². The highest BCUT2D eigenvalue weighted by Gasteiger charge is 2.64. The van der Waals surface area contributed by atoms with Crippen LogP contribution in [0.5, 0.6) is 0 Å². The van der Waals surface area contributed by atoms with Gasteiger partial charge in [0.15, 0.2) is 0 Å². The van der Waals surface area contributed by atoms with Crippen molar-refractivity contribution < 1.29 is 121 Å². The van der Waals surface area contributed by atoms with E-state index in [1.54, 1.807) is 53.7 Å². The zero-order valence-electron chi connectivity index (χ0n) is 63.3. The number of amides is 12. The SMILES string of the molecule is C=C[C@@H]1C[C@]1(NC(=O)[C@@H]1C[C@@H](OC(=O)N2Cc3cccc(F)c3C2)CN1C(=O)[C@H](CC(=O)N1C[C@@H]2C[C@H]1C(=O)O2)NC(=O)OC(C)(C)C)C(=O)NS(=O)(=O)C1CC1.C=C[C@@H]1C[C@]1(NC(=O)[C@@H]1C[C@@H](OC(=O)N2Cc3cccc(F)c3C2)CN1C(=O)[C@H](CC(=O)N1C[C@H]2C[C@@H]1C(=O)O2)NC(=O)OC(C)(C)C)C(=O)NS(=O)(=O)C1CC1. The van der Waals surface area contributed by atoms with Gasteiger partial charge in [-0.25, -0.2) is 54.4 Å². The van der Waals surface area contributed by atoms with Crippen LogP contribution in [0.1, 0.15) is 141 Å². The van der Waals surface area contributed by atoms with E-state index < -0.39 is 246 Å². The van der Waals surface area contributed by atoms with E-state index in [1.807, 2.05) is 0 Å². The molecule has 4 bridgehead atoms. The molecule has 6 N–H and O–H groups in total. The molecule has 14 atom stereocenters. The molecular formula is C74H90F2N12O24S2. The Morgan fingerprint density at radius 2 is 0.912 bits per heavy atom. The quantitative estimate of drug-likeness (QED) is 0.0552. The minimum absolute atomic E-state index is 0.0111. The standard InChI is InChI=1S/2C37H45FN6O12S/c2*1-5-20-14-37(20,33(49)41-57(52,53)23-9-10-23)40-30(46)27-11-22(55-35(51)42-15-19-7-6-8-25(38)24(19)18-42)17-44(27)31(47)26(39-34(50)56-36(2,3)4)13-29(45)43-16-21-12-28(43)32(48)54-21/h2*5-8,20-23,26-28H,1,9-18H2,2-4H3,(H,39,50)(H,40,46)(H,41,49)/t20-,21+,22-,26+,27+,28+,37-;20-,21-,22-,26+,27+,28-,37-/m11/s1. The molecule has 0 aromatic heterocycles. The Morgan fingerprint density at radius 3 is 1.22 bits per heavy atom. The molecule has 0 spiro atoms. The summed E-state index contributed by atoms with van der Waals surface area (Å²) in [5.41, 5.74) is -3.65. The molecule has 6 saturated heterocycles. The van der Waals surface area contributed by atoms with E-state index in [4.69, 9.17) is 28.4 Å². The number of carbonyl (C=O) groups excluding carboxylic acids is 14. The van der Waals surface area contributed by atoms with Crippen molar-refractivity contribution in [2.45, 2.75) is 238 Å². The van der Waals surface area contributed by atoms with Crippen LogP contribution in [0.2, 0.25) is 0 Å². The summed E-state index contributed by atoms with van der Waals surface area (Å²) >= 11 is 0. The van der Waals surface area contributed by atoms with E-state index in [1.165, 1.54) is 56.0 Å². The van der Waals surface area contributed by atoms with Gasteiger partial charge >= 0.3 is 36.3 Å². The molecule has 40 heteroatoms. The number of fused-ring (bicyclic) bond motifs is 6. The molecule has 4 saturated carbocycles. The van der Waals surface area contributed by atoms with E-state index in [2.05, 4.69) is 43.9 Å². The van der Waals surface area contributed by atoms with Gasteiger partial charge in [-0.15, -0.1) is 13.2 Å². The van der Waals surface area contributed by atoms with Crippen LogP contribution >= 0.6 is 0 Å². The lowest BCUT2D eigenvalue weighted by Gasteiger charge is -2.32. The lowest BCUT2D eigenvalue weighted by Crippen LogP contribution is -2.59. The largest absolute Gasteiger partial charge is 0.459 e. The Morgan fingerprint density at radius 1 is 0.544 bits per heavy atom. The van der Waals surface area contributed by atoms with Crippen molar-refractivity contribution in [3.63, 3.8) is 0 Å². The Labute approximate surface area is 653 Å². The third-order valence-electron chi connectivity index (χ3n) is 22.1. The van der Waals surface area contributed by atoms with Crippen LogP contribution < -0.4 is 30.7 Å². The molecule has 4 aliphatic carbocycles. The summed E-state index contributed by atoms with van der Waals surface area (Å²) in [6.07, 6.45) is -4.09. The molecule has 8 heterocycles. The van der Waals surface area contributed by atoms with Crippen LogP contribution in [0.15, 0.2) is 61.7 Å². The molecule has 12 amide bonds. The first-order chi connectivity index (χ1) is 53.6. The van der Waals surface area contributed by atoms with Gasteiger partial charge in [0.05, 0.1) is 62.6 Å². The van der Waals surface area contributed by atoms with Gasteiger partial charge in [-0.2, -0.15) is 0 Å². The van der Waals surface area contributed by atoms with Gasteiger partial charge in [0.2, 0.25) is 55.5 Å². The fourth-order valence-electron chi connectivity index (χ4n) is 15.8. The molecule has 10 fully saturated rings. The van der Waals surface area contributed by atoms with Crippen LogP contribution in [-0.4, -0.2) is 249 Å². The lowest BCUT2D eigenvalue weighted by atomic mass is 10.1. The molecule has 2 aromatic carbocycles. The molecule has 8 aliphatic heterocycles. The normalized spacial score (nSPS) is 27.9. The molecule has 2 aromatic rings. The Balaban J connectivity index is 0.000000199. The molecule has 616 valence electrons. The Hall–Kier alpha value is -10.5. The van der Waals surface area contributed by atoms with E-state index in [0.29, 0.717) is 47.9 Å². The third kappa shape index (κ3) is 17.3. The number of morpholine rings is 2. The molecular weight excluding hydrogens is 1540 g/mol. The topological polar surface area (TPSA) is 454 Å². The van der Waals surface area contributed by atoms with Gasteiger partial charge in [-0.05, 0) is 103 Å². The van der Waals surface area contributed by atoms with Crippen molar-refractivity contribution in [3.05, 3.63) is 95.6 Å². The number of hydrogen-bond donors (Lipinski definition) is 6. The first-order valence-electron chi connectivity index (χ1n) is 37.6. The summed E-state index contributed by atoms with van der Waals surface area (Å²) in [6.45, 7) is 16.2. The van der Waals surface area contributed by atoms with Crippen molar-refractivity contribution in [2.75, 3.05) is 26.2 Å². The fourth-order valence-corrected chi connectivity index (χ4v) is 18.5. The number of sulfonamides is 2. The van der Waals surface area contributed by atoms with Crippen molar-refractivity contribution >= 4 is 104 Å². The van der Waals surface area contributed by atoms with Crippen molar-refractivity contribution in [1.29, 1.82) is 0 Å². The van der Waals surface area contributed by atoms with Gasteiger partial charge in [0.1, 0.15) is 94.6 Å². The lowest BCUT2D eigenvalue weighted by molar-refractivity contribution is -0.157. The summed E-state index contributed by atoms with van der Waals surface area (Å²) in [5, 5.41) is 8.66. The van der Waals surface area contributed by atoms with E-state index in [0.717, 1.165) is 9.80 Å². The number of rotatable bonds is 22. The Kier molecular flexibility index (Phi) is 21.9. The minimum Gasteiger partial charge on any atom is -0.459 e. The third-order valence-corrected chi connectivity index (χ3v) is 25.7. The van der Waals surface area contributed by atoms with Crippen LogP contribution in [0, 0.1) is 23.5 Å². The number of esters is 2. The highest BCUT2D eigenvalue weighted by molar-refractivity contribution is 7.91. The van der Waals surface area contributed by atoms with Gasteiger partial charge in [0.25, 0.3) is 11.8 Å². The smallest absolute Gasteiger partial charge is 0.410 e. The predicted octanol–water partition coefficient (Wildman–Crippen LogP) is 1.45. The van der Waals surface area contributed by atoms with Gasteiger partial charge in [0, 0.05) is 61.7 Å². The Bertz CT molecular complexity index is 4360. The van der Waals surface area contributed by atoms with Gasteiger partial charge < -0.3 is 69.3 Å². The summed E-state index contributed by atoms with van der Waals surface area (Å²) in [4.78, 5) is 197. The average Bonchev–Trinajstić information content (AvgIpc) is 1.57. The van der Waals surface area contributed by atoms with Crippen molar-refractivity contribution in [1.82, 2.24) is 60.1 Å². The maximum Gasteiger partial charge on any atom is 0.410 e. The second-order valence-electron chi connectivity index (χ2n) is 32.8. The predicted molar refractivity (Wildman–Crippen MR) is 386 cm³/mol. The molecule has 0 unspecified atom stereocenters. The molecule has 14 rings (SSSR count). The minimum atomic E-state index is -4.01. The number of ether oxygens (including phenoxy) is 6. The number of carbonyl (C=O) groups is 14. The summed E-state index contributed by atoms with van der Waals surface area (Å²) in [6, 6.07) is 0.991. The first-order valence-corrected chi connectivity index (χ1v) is 40.7. The molecule has 36 nitrogen and oxygen atoms in total. The fraction of sp³-hybridized carbons (Fsp3) is 0.595. The molecule has 114 heavy (non-hydrogen) atoms. The number of likely N-dealkylation sites (tertiary alicyclic amines) is 4. The average molecular weight is 1630 g/mol.